The zero-order valence-corrected chi connectivity index (χ0v) is 14.8. The molecule has 2 aromatic rings. The van der Waals surface area contributed by atoms with Crippen LogP contribution in [0.3, 0.4) is 0 Å². The van der Waals surface area contributed by atoms with Gasteiger partial charge in [-0.3, -0.25) is 9.59 Å². The van der Waals surface area contributed by atoms with Crippen LogP contribution < -0.4 is 5.32 Å². The zero-order chi connectivity index (χ0) is 20.1. The summed E-state index contributed by atoms with van der Waals surface area (Å²) in [5.74, 6) is -1.18. The van der Waals surface area contributed by atoms with E-state index in [9.17, 15) is 27.2 Å². The van der Waals surface area contributed by atoms with Gasteiger partial charge in [-0.2, -0.15) is 13.2 Å². The van der Waals surface area contributed by atoms with E-state index in [4.69, 9.17) is 0 Å². The minimum absolute atomic E-state index is 0.166. The van der Waals surface area contributed by atoms with Crippen molar-refractivity contribution in [1.29, 1.82) is 0 Å². The van der Waals surface area contributed by atoms with Gasteiger partial charge in [-0.25, -0.2) is 4.39 Å². The largest absolute Gasteiger partial charge is 0.416 e. The van der Waals surface area contributed by atoms with Crippen molar-refractivity contribution < 1.29 is 27.2 Å². The number of benzene rings is 2. The SMILES string of the molecule is O=C1CCCC[C@@]12C(=O)c1cc(F)ccc1[C@H]2Nc1ccc(C(F)(F)F)cc1. The van der Waals surface area contributed by atoms with Crippen LogP contribution in [-0.4, -0.2) is 11.6 Å². The van der Waals surface area contributed by atoms with E-state index in [1.54, 1.807) is 0 Å². The number of rotatable bonds is 2. The van der Waals surface area contributed by atoms with E-state index >= 15 is 0 Å². The number of halogens is 4. The van der Waals surface area contributed by atoms with Crippen LogP contribution in [0.1, 0.15) is 53.2 Å². The number of hydrogen-bond donors (Lipinski definition) is 1. The summed E-state index contributed by atoms with van der Waals surface area (Å²) in [5.41, 5.74) is -1.09. The Balaban J connectivity index is 1.76. The molecule has 2 aliphatic carbocycles. The standard InChI is InChI=1S/C21H17F4NO2/c22-13-6-9-15-16(11-13)19(28)20(10-2-1-3-17(20)27)18(15)26-14-7-4-12(5-8-14)21(23,24)25/h4-9,11,18,26H,1-3,10H2/t18-,20-/m1/s1. The summed E-state index contributed by atoms with van der Waals surface area (Å²) in [6.45, 7) is 0. The lowest BCUT2D eigenvalue weighted by molar-refractivity contribution is -0.137. The highest BCUT2D eigenvalue weighted by molar-refractivity contribution is 6.19. The third-order valence-corrected chi connectivity index (χ3v) is 5.71. The Morgan fingerprint density at radius 2 is 1.71 bits per heavy atom. The molecule has 2 aliphatic rings. The Labute approximate surface area is 158 Å². The van der Waals surface area contributed by atoms with Crippen LogP contribution in [0.5, 0.6) is 0 Å². The first-order valence-corrected chi connectivity index (χ1v) is 9.05. The predicted octanol–water partition coefficient (Wildman–Crippen LogP) is 5.32. The highest BCUT2D eigenvalue weighted by Crippen LogP contribution is 2.53. The third kappa shape index (κ3) is 2.80. The minimum atomic E-state index is -4.45. The van der Waals surface area contributed by atoms with Gasteiger partial charge in [0, 0.05) is 17.7 Å². The molecule has 0 aliphatic heterocycles. The first-order valence-electron chi connectivity index (χ1n) is 9.05. The van der Waals surface area contributed by atoms with Gasteiger partial charge in [-0.05, 0) is 54.8 Å². The van der Waals surface area contributed by atoms with Crippen LogP contribution in [0.25, 0.3) is 0 Å². The summed E-state index contributed by atoms with van der Waals surface area (Å²) < 4.78 is 52.1. The molecule has 28 heavy (non-hydrogen) atoms. The normalized spacial score (nSPS) is 24.5. The molecular weight excluding hydrogens is 374 g/mol. The molecule has 2 aromatic carbocycles. The monoisotopic (exact) mass is 391 g/mol. The molecule has 4 rings (SSSR count). The lowest BCUT2D eigenvalue weighted by Gasteiger charge is -2.37. The number of carbonyl (C=O) groups excluding carboxylic acids is 2. The first-order chi connectivity index (χ1) is 13.2. The molecule has 1 fully saturated rings. The summed E-state index contributed by atoms with van der Waals surface area (Å²) in [5, 5.41) is 3.09. The Morgan fingerprint density at radius 1 is 1.00 bits per heavy atom. The molecule has 146 valence electrons. The number of anilines is 1. The fourth-order valence-electron chi connectivity index (χ4n) is 4.33. The summed E-state index contributed by atoms with van der Waals surface area (Å²) in [6.07, 6.45) is -2.50. The molecule has 1 N–H and O–H groups in total. The van der Waals surface area contributed by atoms with Gasteiger partial charge in [0.25, 0.3) is 0 Å². The number of carbonyl (C=O) groups is 2. The first kappa shape index (κ1) is 18.7. The molecule has 0 aromatic heterocycles. The molecule has 7 heteroatoms. The highest BCUT2D eigenvalue weighted by atomic mass is 19.4. The van der Waals surface area contributed by atoms with Crippen molar-refractivity contribution in [2.45, 2.75) is 37.9 Å². The quantitative estimate of drug-likeness (QED) is 0.557. The van der Waals surface area contributed by atoms with Crippen molar-refractivity contribution in [1.82, 2.24) is 0 Å². The fraction of sp³-hybridized carbons (Fsp3) is 0.333. The van der Waals surface area contributed by atoms with Crippen molar-refractivity contribution >= 4 is 17.3 Å². The highest BCUT2D eigenvalue weighted by Gasteiger charge is 2.58. The van der Waals surface area contributed by atoms with Crippen molar-refractivity contribution in [2.24, 2.45) is 5.41 Å². The number of alkyl halides is 3. The maximum absolute atomic E-state index is 13.7. The lowest BCUT2D eigenvalue weighted by Crippen LogP contribution is -2.44. The van der Waals surface area contributed by atoms with Crippen molar-refractivity contribution in [3.05, 3.63) is 65.0 Å². The van der Waals surface area contributed by atoms with Crippen LogP contribution in [0.2, 0.25) is 0 Å². The van der Waals surface area contributed by atoms with Crippen LogP contribution in [0, 0.1) is 11.2 Å². The summed E-state index contributed by atoms with van der Waals surface area (Å²) in [6, 6.07) is 7.53. The average Bonchev–Trinajstić information content (AvgIpc) is 2.87. The molecule has 1 spiro atoms. The smallest absolute Gasteiger partial charge is 0.377 e. The maximum Gasteiger partial charge on any atom is 0.416 e. The van der Waals surface area contributed by atoms with Crippen molar-refractivity contribution in [3.63, 3.8) is 0 Å². The van der Waals surface area contributed by atoms with Gasteiger partial charge in [0.2, 0.25) is 0 Å². The molecule has 0 heterocycles. The van der Waals surface area contributed by atoms with Gasteiger partial charge >= 0.3 is 6.18 Å². The summed E-state index contributed by atoms with van der Waals surface area (Å²) >= 11 is 0. The number of ketones is 2. The average molecular weight is 391 g/mol. The number of fused-ring (bicyclic) bond motifs is 1. The third-order valence-electron chi connectivity index (χ3n) is 5.71. The van der Waals surface area contributed by atoms with Crippen molar-refractivity contribution in [2.75, 3.05) is 5.32 Å². The van der Waals surface area contributed by atoms with Gasteiger partial charge < -0.3 is 5.32 Å². The molecule has 0 bridgehead atoms. The Bertz CT molecular complexity index is 952. The van der Waals surface area contributed by atoms with Gasteiger partial charge in [-0.1, -0.05) is 12.5 Å². The van der Waals surface area contributed by atoms with Crippen LogP contribution in [0.4, 0.5) is 23.2 Å². The van der Waals surface area contributed by atoms with Crippen LogP contribution in [0.15, 0.2) is 42.5 Å². The van der Waals surface area contributed by atoms with E-state index in [0.717, 1.165) is 18.2 Å². The van der Waals surface area contributed by atoms with E-state index in [0.29, 0.717) is 30.5 Å². The molecule has 0 saturated heterocycles. The summed E-state index contributed by atoms with van der Waals surface area (Å²) in [4.78, 5) is 26.0. The minimum Gasteiger partial charge on any atom is -0.377 e. The van der Waals surface area contributed by atoms with Gasteiger partial charge in [0.05, 0.1) is 11.6 Å². The summed E-state index contributed by atoms with van der Waals surface area (Å²) in [7, 11) is 0. The van der Waals surface area contributed by atoms with E-state index in [2.05, 4.69) is 5.32 Å². The van der Waals surface area contributed by atoms with Crippen LogP contribution in [-0.2, 0) is 11.0 Å². The zero-order valence-electron chi connectivity index (χ0n) is 14.8. The molecule has 1 saturated carbocycles. The Hall–Kier alpha value is -2.70. The number of nitrogens with one attached hydrogen (secondary N) is 1. The topological polar surface area (TPSA) is 46.2 Å². The van der Waals surface area contributed by atoms with Gasteiger partial charge in [0.15, 0.2) is 5.78 Å². The Kier molecular flexibility index (Phi) is 4.28. The maximum atomic E-state index is 13.7. The second kappa shape index (κ2) is 6.43. The molecule has 0 radical (unpaired) electrons. The second-order valence-electron chi connectivity index (χ2n) is 7.31. The Morgan fingerprint density at radius 3 is 2.36 bits per heavy atom. The molecule has 0 amide bonds. The van der Waals surface area contributed by atoms with E-state index in [-0.39, 0.29) is 17.8 Å². The molecule has 0 unspecified atom stereocenters. The molecular formula is C21H17F4NO2. The van der Waals surface area contributed by atoms with E-state index in [1.165, 1.54) is 24.3 Å². The molecule has 2 atom stereocenters. The van der Waals surface area contributed by atoms with Gasteiger partial charge in [-0.15, -0.1) is 0 Å². The lowest BCUT2D eigenvalue weighted by atomic mass is 9.67. The van der Waals surface area contributed by atoms with Gasteiger partial charge in [0.1, 0.15) is 17.0 Å². The fourth-order valence-corrected chi connectivity index (χ4v) is 4.33. The predicted molar refractivity (Wildman–Crippen MR) is 94.4 cm³/mol. The molecule has 3 nitrogen and oxygen atoms in total. The van der Waals surface area contributed by atoms with Crippen molar-refractivity contribution in [3.8, 4) is 0 Å². The number of hydrogen-bond acceptors (Lipinski definition) is 3. The van der Waals surface area contributed by atoms with E-state index < -0.39 is 34.8 Å². The van der Waals surface area contributed by atoms with E-state index in [1.807, 2.05) is 0 Å². The second-order valence-corrected chi connectivity index (χ2v) is 7.31. The number of Topliss-reactive ketones (excluding diaryl/α,β-unsaturated/α-hetero) is 2. The van der Waals surface area contributed by atoms with Crippen LogP contribution >= 0.6 is 0 Å².